The van der Waals surface area contributed by atoms with Crippen LogP contribution in [0, 0.1) is 0 Å². The topological polar surface area (TPSA) is 70.9 Å². The smallest absolute Gasteiger partial charge is 0.435 e. The van der Waals surface area contributed by atoms with Gasteiger partial charge in [0.05, 0.1) is 12.8 Å². The molecule has 0 amide bonds. The largest absolute Gasteiger partial charge is 0.504 e. The molecule has 0 saturated carbocycles. The number of carbonyl (C=O) groups is 1. The minimum Gasteiger partial charge on any atom is -0.504 e. The number of hydrogen-bond acceptors (Lipinski definition) is 5. The zero-order valence-electron chi connectivity index (χ0n) is 13.9. The van der Waals surface area contributed by atoms with Crippen molar-refractivity contribution in [2.45, 2.75) is 6.18 Å². The van der Waals surface area contributed by atoms with Crippen LogP contribution in [0.5, 0.6) is 11.5 Å². The Morgan fingerprint density at radius 1 is 1.22 bits per heavy atom. The predicted octanol–water partition coefficient (Wildman–Crippen LogP) is 4.67. The van der Waals surface area contributed by atoms with Crippen molar-refractivity contribution < 1.29 is 27.8 Å². The maximum atomic E-state index is 13.4. The fraction of sp³-hybridized carbons (Fsp3) is 0.111. The van der Waals surface area contributed by atoms with E-state index in [2.05, 4.69) is 10.5 Å². The molecule has 0 atom stereocenters. The number of allylic oxidation sites excluding steroid dienone is 1. The Bertz CT molecular complexity index is 878. The maximum Gasteiger partial charge on any atom is 0.435 e. The van der Waals surface area contributed by atoms with Crippen LogP contribution < -0.4 is 10.2 Å². The summed E-state index contributed by atoms with van der Waals surface area (Å²) in [5.41, 5.74) is 0.634. The van der Waals surface area contributed by atoms with E-state index in [1.54, 1.807) is 0 Å². The third kappa shape index (κ3) is 5.49. The Morgan fingerprint density at radius 3 is 2.44 bits per heavy atom. The van der Waals surface area contributed by atoms with Crippen LogP contribution in [0.3, 0.4) is 0 Å². The zero-order valence-corrected chi connectivity index (χ0v) is 14.7. The SMILES string of the molecule is COc1cc(/C=C(C=O)/C(=N\Nc2ccc(Cl)cc2)C(F)(F)F)ccc1O. The molecule has 0 saturated heterocycles. The number of hydrazone groups is 1. The molecule has 2 rings (SSSR count). The summed E-state index contributed by atoms with van der Waals surface area (Å²) in [5.74, 6) is -0.129. The van der Waals surface area contributed by atoms with E-state index in [-0.39, 0.29) is 29.0 Å². The van der Waals surface area contributed by atoms with Gasteiger partial charge in [0.2, 0.25) is 0 Å². The minimum atomic E-state index is -4.88. The number of nitrogens with one attached hydrogen (secondary N) is 1. The van der Waals surface area contributed by atoms with Crippen molar-refractivity contribution in [3.8, 4) is 11.5 Å². The average molecular weight is 399 g/mol. The van der Waals surface area contributed by atoms with Crippen LogP contribution in [0.25, 0.3) is 6.08 Å². The number of anilines is 1. The Hall–Kier alpha value is -3.00. The molecule has 5 nitrogen and oxygen atoms in total. The van der Waals surface area contributed by atoms with E-state index in [1.807, 2.05) is 0 Å². The molecule has 0 bridgehead atoms. The lowest BCUT2D eigenvalue weighted by Crippen LogP contribution is -2.26. The van der Waals surface area contributed by atoms with Crippen LogP contribution >= 0.6 is 11.6 Å². The van der Waals surface area contributed by atoms with Gasteiger partial charge >= 0.3 is 6.18 Å². The molecule has 142 valence electrons. The lowest BCUT2D eigenvalue weighted by molar-refractivity contribution is -0.105. The molecule has 9 heteroatoms. The lowest BCUT2D eigenvalue weighted by Gasteiger charge is -2.11. The van der Waals surface area contributed by atoms with Crippen LogP contribution in [0.15, 0.2) is 53.1 Å². The summed E-state index contributed by atoms with van der Waals surface area (Å²) < 4.78 is 45.0. The van der Waals surface area contributed by atoms with Crippen molar-refractivity contribution in [1.82, 2.24) is 0 Å². The molecule has 0 aromatic heterocycles. The monoisotopic (exact) mass is 398 g/mol. The highest BCUT2D eigenvalue weighted by molar-refractivity contribution is 6.30. The molecular formula is C18H14ClF3N2O3. The highest BCUT2D eigenvalue weighted by Gasteiger charge is 2.38. The van der Waals surface area contributed by atoms with E-state index >= 15 is 0 Å². The zero-order chi connectivity index (χ0) is 20.0. The van der Waals surface area contributed by atoms with Crippen LogP contribution in [-0.4, -0.2) is 30.4 Å². The summed E-state index contributed by atoms with van der Waals surface area (Å²) in [6, 6.07) is 9.70. The standard InChI is InChI=1S/C18H14ClF3N2O3/c1-27-16-9-11(2-7-15(16)26)8-12(10-25)17(18(20,21)22)24-23-14-5-3-13(19)4-6-14/h2-10,23,26H,1H3/b12-8+,24-17+. The summed E-state index contributed by atoms with van der Waals surface area (Å²) in [4.78, 5) is 11.3. The normalized spacial score (nSPS) is 12.6. The molecule has 2 N–H and O–H groups in total. The third-order valence-corrected chi connectivity index (χ3v) is 3.59. The van der Waals surface area contributed by atoms with Crippen molar-refractivity contribution in [3.63, 3.8) is 0 Å². The molecule has 0 aliphatic rings. The molecule has 27 heavy (non-hydrogen) atoms. The number of nitrogens with zero attached hydrogens (tertiary/aromatic N) is 1. The van der Waals surface area contributed by atoms with Crippen molar-refractivity contribution in [2.75, 3.05) is 12.5 Å². The van der Waals surface area contributed by atoms with Gasteiger partial charge < -0.3 is 9.84 Å². The average Bonchev–Trinajstić information content (AvgIpc) is 2.62. The first-order chi connectivity index (χ1) is 12.7. The Morgan fingerprint density at radius 2 is 1.89 bits per heavy atom. The number of ether oxygens (including phenoxy) is 1. The van der Waals surface area contributed by atoms with Gasteiger partial charge in [-0.25, -0.2) is 0 Å². The number of aromatic hydroxyl groups is 1. The summed E-state index contributed by atoms with van der Waals surface area (Å²) in [7, 11) is 1.29. The Kier molecular flexibility index (Phi) is 6.46. The van der Waals surface area contributed by atoms with Gasteiger partial charge in [-0.15, -0.1) is 0 Å². The summed E-state index contributed by atoms with van der Waals surface area (Å²) in [6.45, 7) is 0. The van der Waals surface area contributed by atoms with Crippen molar-refractivity contribution in [3.05, 3.63) is 58.6 Å². The second-order valence-electron chi connectivity index (χ2n) is 5.23. The fourth-order valence-corrected chi connectivity index (χ4v) is 2.18. The molecule has 0 radical (unpaired) electrons. The van der Waals surface area contributed by atoms with E-state index in [0.717, 1.165) is 6.08 Å². The number of halogens is 4. The summed E-state index contributed by atoms with van der Waals surface area (Å²) in [5, 5.41) is 13.3. The third-order valence-electron chi connectivity index (χ3n) is 3.34. The summed E-state index contributed by atoms with van der Waals surface area (Å²) >= 11 is 5.72. The molecule has 2 aromatic carbocycles. The van der Waals surface area contributed by atoms with Gasteiger partial charge in [0.25, 0.3) is 0 Å². The summed E-state index contributed by atoms with van der Waals surface area (Å²) in [6.07, 6.45) is -3.84. The molecule has 0 heterocycles. The Labute approximate surface area is 157 Å². The second-order valence-corrected chi connectivity index (χ2v) is 5.66. The van der Waals surface area contributed by atoms with Gasteiger partial charge in [-0.3, -0.25) is 10.2 Å². The number of phenols is 1. The molecule has 0 unspecified atom stereocenters. The minimum absolute atomic E-state index is 0.0508. The molecular weight excluding hydrogens is 385 g/mol. The second kappa shape index (κ2) is 8.59. The number of benzene rings is 2. The fourth-order valence-electron chi connectivity index (χ4n) is 2.06. The number of phenolic OH excluding ortho intramolecular Hbond substituents is 1. The van der Waals surface area contributed by atoms with Crippen LogP contribution in [0.2, 0.25) is 5.02 Å². The first-order valence-electron chi connectivity index (χ1n) is 7.45. The highest BCUT2D eigenvalue weighted by Crippen LogP contribution is 2.29. The van der Waals surface area contributed by atoms with Crippen LogP contribution in [0.1, 0.15) is 5.56 Å². The van der Waals surface area contributed by atoms with Crippen molar-refractivity contribution >= 4 is 35.4 Å². The van der Waals surface area contributed by atoms with Crippen molar-refractivity contribution in [2.24, 2.45) is 5.10 Å². The number of rotatable bonds is 6. The van der Waals surface area contributed by atoms with E-state index in [1.165, 1.54) is 49.6 Å². The Balaban J connectivity index is 2.42. The van der Waals surface area contributed by atoms with Crippen LogP contribution in [0.4, 0.5) is 18.9 Å². The maximum absolute atomic E-state index is 13.4. The highest BCUT2D eigenvalue weighted by atomic mass is 35.5. The molecule has 0 aliphatic heterocycles. The lowest BCUT2D eigenvalue weighted by atomic mass is 10.1. The number of alkyl halides is 3. The van der Waals surface area contributed by atoms with E-state index in [4.69, 9.17) is 16.3 Å². The molecule has 2 aromatic rings. The first-order valence-corrected chi connectivity index (χ1v) is 7.83. The number of carbonyl (C=O) groups excluding carboxylic acids is 1. The first kappa shape index (κ1) is 20.3. The van der Waals surface area contributed by atoms with E-state index in [9.17, 15) is 23.1 Å². The van der Waals surface area contributed by atoms with Gasteiger partial charge in [0.1, 0.15) is 0 Å². The quantitative estimate of drug-likeness (QED) is 0.321. The predicted molar refractivity (Wildman–Crippen MR) is 97.3 cm³/mol. The van der Waals surface area contributed by atoms with E-state index < -0.39 is 17.5 Å². The number of aldehydes is 1. The number of methoxy groups -OCH3 is 1. The van der Waals surface area contributed by atoms with E-state index in [0.29, 0.717) is 5.02 Å². The van der Waals surface area contributed by atoms with Crippen molar-refractivity contribution in [1.29, 1.82) is 0 Å². The molecule has 0 spiro atoms. The molecule has 0 aliphatic carbocycles. The van der Waals surface area contributed by atoms with Gasteiger partial charge in [0, 0.05) is 10.6 Å². The van der Waals surface area contributed by atoms with Gasteiger partial charge in [-0.05, 0) is 48.0 Å². The van der Waals surface area contributed by atoms with Crippen LogP contribution in [-0.2, 0) is 4.79 Å². The van der Waals surface area contributed by atoms with Gasteiger partial charge in [-0.1, -0.05) is 17.7 Å². The van der Waals surface area contributed by atoms with Gasteiger partial charge in [-0.2, -0.15) is 18.3 Å². The number of hydrogen-bond donors (Lipinski definition) is 2. The van der Waals surface area contributed by atoms with Gasteiger partial charge in [0.15, 0.2) is 23.5 Å². The molecule has 0 fully saturated rings.